The summed E-state index contributed by atoms with van der Waals surface area (Å²) in [6, 6.07) is 13.8. The summed E-state index contributed by atoms with van der Waals surface area (Å²) < 4.78 is 13.5. The third kappa shape index (κ3) is 5.24. The van der Waals surface area contributed by atoms with Crippen LogP contribution in [0.3, 0.4) is 0 Å². The van der Waals surface area contributed by atoms with Gasteiger partial charge in [0.2, 0.25) is 0 Å². The van der Waals surface area contributed by atoms with Gasteiger partial charge in [0.25, 0.3) is 0 Å². The molecule has 0 aliphatic carbocycles. The molecule has 38 heavy (non-hydrogen) atoms. The molecule has 0 radical (unpaired) electrons. The molecule has 204 valence electrons. The number of hydrogen-bond donors (Lipinski definition) is 0. The van der Waals surface area contributed by atoms with Crippen molar-refractivity contribution in [2.45, 2.75) is 52.2 Å². The Morgan fingerprint density at radius 3 is 2.29 bits per heavy atom. The second kappa shape index (κ2) is 11.3. The quantitative estimate of drug-likeness (QED) is 0.437. The molecule has 0 unspecified atom stereocenters. The van der Waals surface area contributed by atoms with E-state index in [1.54, 1.807) is 4.90 Å². The van der Waals surface area contributed by atoms with E-state index in [-0.39, 0.29) is 11.7 Å². The zero-order chi connectivity index (χ0) is 26.7. The van der Waals surface area contributed by atoms with E-state index in [4.69, 9.17) is 9.47 Å². The summed E-state index contributed by atoms with van der Waals surface area (Å²) in [6.45, 7) is 14.6. The molecule has 5 rings (SSSR count). The Labute approximate surface area is 226 Å². The Bertz CT molecular complexity index is 1220. The van der Waals surface area contributed by atoms with Gasteiger partial charge in [-0.25, -0.2) is 9.31 Å². The van der Waals surface area contributed by atoms with Crippen molar-refractivity contribution < 1.29 is 14.3 Å². The van der Waals surface area contributed by atoms with E-state index in [2.05, 4.69) is 78.3 Å². The van der Waals surface area contributed by atoms with Crippen LogP contribution in [0.25, 0.3) is 16.6 Å². The monoisotopic (exact) mass is 519 g/mol. The van der Waals surface area contributed by atoms with Crippen molar-refractivity contribution in [3.8, 4) is 11.1 Å². The zero-order valence-corrected chi connectivity index (χ0v) is 23.2. The molecular formula is C30H41N5O3. The van der Waals surface area contributed by atoms with Crippen molar-refractivity contribution in [1.29, 1.82) is 0 Å². The number of amides is 1. The Hall–Kier alpha value is -3.10. The molecule has 0 bridgehead atoms. The van der Waals surface area contributed by atoms with Crippen molar-refractivity contribution in [2.24, 2.45) is 0 Å². The lowest BCUT2D eigenvalue weighted by Crippen LogP contribution is -2.49. The van der Waals surface area contributed by atoms with E-state index in [0.717, 1.165) is 62.4 Å². The maximum Gasteiger partial charge on any atom is 0.409 e. The fraction of sp³-hybridized carbons (Fsp3) is 0.533. The van der Waals surface area contributed by atoms with Crippen molar-refractivity contribution in [3.05, 3.63) is 54.4 Å². The van der Waals surface area contributed by atoms with Gasteiger partial charge in [0, 0.05) is 69.9 Å². The Balaban J connectivity index is 1.34. The fourth-order valence-electron chi connectivity index (χ4n) is 5.93. The number of ether oxygens (including phenoxy) is 2. The summed E-state index contributed by atoms with van der Waals surface area (Å²) in [7, 11) is 0. The molecule has 3 aromatic rings. The fourth-order valence-corrected chi connectivity index (χ4v) is 5.93. The molecule has 8 heteroatoms. The first-order chi connectivity index (χ1) is 18.4. The standard InChI is InChI=1S/C30H41N5O3/c1-5-37-29(36)34-19-17-33(18-20-34)27-11-14-31-35-22-25(21-28(27)35)24-7-9-26(10-8-24)30(38-6-2)12-15-32(16-13-30)23(3)4/h7-11,14,21-23H,5-6,12-13,15-20H2,1-4H3. The maximum atomic E-state index is 12.1. The Morgan fingerprint density at radius 2 is 1.66 bits per heavy atom. The number of piperazine rings is 1. The number of fused-ring (bicyclic) bond motifs is 1. The van der Waals surface area contributed by atoms with E-state index in [1.165, 1.54) is 11.1 Å². The summed E-state index contributed by atoms with van der Waals surface area (Å²) in [5, 5.41) is 4.58. The molecule has 2 aliphatic heterocycles. The van der Waals surface area contributed by atoms with Crippen LogP contribution in [0.15, 0.2) is 48.8 Å². The van der Waals surface area contributed by atoms with Crippen molar-refractivity contribution >= 4 is 17.3 Å². The maximum absolute atomic E-state index is 12.1. The largest absolute Gasteiger partial charge is 0.450 e. The van der Waals surface area contributed by atoms with E-state index >= 15 is 0 Å². The van der Waals surface area contributed by atoms with Crippen LogP contribution < -0.4 is 4.90 Å². The van der Waals surface area contributed by atoms with Gasteiger partial charge < -0.3 is 24.2 Å². The minimum absolute atomic E-state index is 0.204. The van der Waals surface area contributed by atoms with E-state index in [9.17, 15) is 4.79 Å². The van der Waals surface area contributed by atoms with Gasteiger partial charge in [-0.2, -0.15) is 5.10 Å². The van der Waals surface area contributed by atoms with Crippen LogP contribution in [0, 0.1) is 0 Å². The van der Waals surface area contributed by atoms with Gasteiger partial charge in [-0.3, -0.25) is 0 Å². The molecule has 0 saturated carbocycles. The molecule has 0 atom stereocenters. The highest BCUT2D eigenvalue weighted by molar-refractivity contribution is 5.80. The van der Waals surface area contributed by atoms with Gasteiger partial charge in [-0.15, -0.1) is 0 Å². The number of carbonyl (C=O) groups excluding carboxylic acids is 1. The first-order valence-electron chi connectivity index (χ1n) is 14.1. The zero-order valence-electron chi connectivity index (χ0n) is 23.2. The number of nitrogens with zero attached hydrogens (tertiary/aromatic N) is 5. The topological polar surface area (TPSA) is 62.6 Å². The second-order valence-electron chi connectivity index (χ2n) is 10.6. The molecule has 1 amide bonds. The predicted octanol–water partition coefficient (Wildman–Crippen LogP) is 5.02. The molecular weight excluding hydrogens is 478 g/mol. The number of piperidine rings is 1. The van der Waals surface area contributed by atoms with E-state index in [0.29, 0.717) is 25.7 Å². The van der Waals surface area contributed by atoms with Crippen LogP contribution in [-0.2, 0) is 15.1 Å². The number of carbonyl (C=O) groups is 1. The highest BCUT2D eigenvalue weighted by atomic mass is 16.6. The number of hydrogen-bond acceptors (Lipinski definition) is 6. The van der Waals surface area contributed by atoms with Crippen LogP contribution in [0.2, 0.25) is 0 Å². The molecule has 8 nitrogen and oxygen atoms in total. The summed E-state index contributed by atoms with van der Waals surface area (Å²) >= 11 is 0. The van der Waals surface area contributed by atoms with Crippen LogP contribution in [0.5, 0.6) is 0 Å². The first-order valence-corrected chi connectivity index (χ1v) is 14.1. The summed E-state index contributed by atoms with van der Waals surface area (Å²) in [5.74, 6) is 0. The van der Waals surface area contributed by atoms with E-state index in [1.807, 2.05) is 17.6 Å². The van der Waals surface area contributed by atoms with Crippen LogP contribution >= 0.6 is 0 Å². The molecule has 2 saturated heterocycles. The van der Waals surface area contributed by atoms with Gasteiger partial charge in [-0.1, -0.05) is 24.3 Å². The van der Waals surface area contributed by atoms with Gasteiger partial charge in [0.05, 0.1) is 23.4 Å². The summed E-state index contributed by atoms with van der Waals surface area (Å²) in [4.78, 5) is 18.8. The van der Waals surface area contributed by atoms with Gasteiger partial charge >= 0.3 is 6.09 Å². The van der Waals surface area contributed by atoms with Gasteiger partial charge in [0.15, 0.2) is 0 Å². The third-order valence-electron chi connectivity index (χ3n) is 8.13. The van der Waals surface area contributed by atoms with Gasteiger partial charge in [-0.05, 0) is 63.8 Å². The average Bonchev–Trinajstić information content (AvgIpc) is 3.38. The van der Waals surface area contributed by atoms with Gasteiger partial charge in [0.1, 0.15) is 0 Å². The lowest BCUT2D eigenvalue weighted by Gasteiger charge is -2.43. The lowest BCUT2D eigenvalue weighted by molar-refractivity contribution is -0.0886. The van der Waals surface area contributed by atoms with E-state index < -0.39 is 0 Å². The van der Waals surface area contributed by atoms with Crippen LogP contribution in [0.4, 0.5) is 10.5 Å². The number of aromatic nitrogens is 2. The van der Waals surface area contributed by atoms with Crippen LogP contribution in [-0.4, -0.2) is 84.0 Å². The summed E-state index contributed by atoms with van der Waals surface area (Å²) in [6.07, 6.45) is 5.76. The number of benzene rings is 1. The highest BCUT2D eigenvalue weighted by Crippen LogP contribution is 2.38. The Morgan fingerprint density at radius 1 is 0.947 bits per heavy atom. The lowest BCUT2D eigenvalue weighted by atomic mass is 9.83. The normalized spacial score (nSPS) is 18.3. The highest BCUT2D eigenvalue weighted by Gasteiger charge is 2.37. The molecule has 2 aliphatic rings. The van der Waals surface area contributed by atoms with Crippen molar-refractivity contribution in [3.63, 3.8) is 0 Å². The minimum atomic E-state index is -0.225. The first kappa shape index (κ1) is 26.5. The second-order valence-corrected chi connectivity index (χ2v) is 10.6. The molecule has 1 aromatic carbocycles. The SMILES string of the molecule is CCOC(=O)N1CCN(c2ccnn3cc(-c4ccc(C5(OCC)CCN(C(C)C)CC5)cc4)cc23)CC1. The smallest absolute Gasteiger partial charge is 0.409 e. The third-order valence-corrected chi connectivity index (χ3v) is 8.13. The summed E-state index contributed by atoms with van der Waals surface area (Å²) in [5.41, 5.74) is 5.59. The minimum Gasteiger partial charge on any atom is -0.450 e. The molecule has 2 fully saturated rings. The number of anilines is 1. The molecule has 4 heterocycles. The van der Waals surface area contributed by atoms with Crippen molar-refractivity contribution in [2.75, 3.05) is 57.4 Å². The number of likely N-dealkylation sites (tertiary alicyclic amines) is 1. The predicted molar refractivity (Wildman–Crippen MR) is 151 cm³/mol. The Kier molecular flexibility index (Phi) is 7.91. The molecule has 0 N–H and O–H groups in total. The molecule has 0 spiro atoms. The van der Waals surface area contributed by atoms with Crippen molar-refractivity contribution in [1.82, 2.24) is 19.4 Å². The number of rotatable bonds is 7. The average molecular weight is 520 g/mol. The van der Waals surface area contributed by atoms with Crippen LogP contribution in [0.1, 0.15) is 46.1 Å². The molecule has 2 aromatic heterocycles.